The Morgan fingerprint density at radius 1 is 0.667 bits per heavy atom. The first-order chi connectivity index (χ1) is 14.7. The van der Waals surface area contributed by atoms with Crippen molar-refractivity contribution in [2.45, 2.75) is 17.8 Å². The number of esters is 2. The second kappa shape index (κ2) is 8.54. The quantitative estimate of drug-likeness (QED) is 0.462. The summed E-state index contributed by atoms with van der Waals surface area (Å²) in [6.45, 7) is 0. The van der Waals surface area contributed by atoms with Gasteiger partial charge in [0, 0.05) is 17.8 Å². The highest BCUT2D eigenvalue weighted by Gasteiger charge is 2.51. The Balaban J connectivity index is 1.97. The molecule has 1 aliphatic rings. The predicted molar refractivity (Wildman–Crippen MR) is 114 cm³/mol. The van der Waals surface area contributed by atoms with Crippen molar-refractivity contribution in [3.8, 4) is 0 Å². The molecule has 0 unspecified atom stereocenters. The fraction of sp³-hybridized carbons (Fsp3) is 0.231. The molecule has 1 aliphatic carbocycles. The zero-order valence-electron chi connectivity index (χ0n) is 17.0. The second-order valence-electron chi connectivity index (χ2n) is 7.50. The minimum absolute atomic E-state index is 0.00612. The lowest BCUT2D eigenvalue weighted by Crippen LogP contribution is -2.34. The second-order valence-corrected chi connectivity index (χ2v) is 7.50. The summed E-state index contributed by atoms with van der Waals surface area (Å²) in [6.07, 6.45) is 0. The van der Waals surface area contributed by atoms with Crippen LogP contribution in [0.5, 0.6) is 0 Å². The molecule has 0 saturated carbocycles. The van der Waals surface area contributed by atoms with E-state index in [4.69, 9.17) is 9.47 Å². The maximum Gasteiger partial charge on any atom is 0.320 e. The Morgan fingerprint density at radius 3 is 1.67 bits per heavy atom. The summed E-state index contributed by atoms with van der Waals surface area (Å²) < 4.78 is 10.1. The number of fused-ring (bicyclic) bond motifs is 1. The molecular weight excluding hydrogens is 376 g/mol. The molecular formula is C26H24O4. The Labute approximate surface area is 176 Å². The predicted octanol–water partition coefficient (Wildman–Crippen LogP) is 4.66. The van der Waals surface area contributed by atoms with E-state index in [1.165, 1.54) is 14.2 Å². The van der Waals surface area contributed by atoms with E-state index in [-0.39, 0.29) is 11.8 Å². The Bertz CT molecular complexity index is 1010. The van der Waals surface area contributed by atoms with Gasteiger partial charge in [-0.25, -0.2) is 0 Å². The van der Waals surface area contributed by atoms with E-state index in [2.05, 4.69) is 30.3 Å². The van der Waals surface area contributed by atoms with Crippen LogP contribution < -0.4 is 0 Å². The van der Waals surface area contributed by atoms with E-state index in [0.29, 0.717) is 0 Å². The van der Waals surface area contributed by atoms with Gasteiger partial charge in [-0.15, -0.1) is 0 Å². The fourth-order valence-electron chi connectivity index (χ4n) is 4.84. The van der Waals surface area contributed by atoms with Gasteiger partial charge in [-0.05, 0) is 22.3 Å². The monoisotopic (exact) mass is 400 g/mol. The number of carbonyl (C=O) groups excluding carboxylic acids is 2. The molecule has 0 bridgehead atoms. The van der Waals surface area contributed by atoms with Crippen molar-refractivity contribution >= 4 is 11.9 Å². The van der Waals surface area contributed by atoms with Crippen molar-refractivity contribution in [1.29, 1.82) is 0 Å². The van der Waals surface area contributed by atoms with Crippen molar-refractivity contribution in [3.05, 3.63) is 107 Å². The first-order valence-corrected chi connectivity index (χ1v) is 10.0. The summed E-state index contributed by atoms with van der Waals surface area (Å²) in [5, 5.41) is 0. The lowest BCUT2D eigenvalue weighted by Gasteiger charge is -2.30. The zero-order chi connectivity index (χ0) is 21.1. The highest BCUT2D eigenvalue weighted by atomic mass is 16.5. The lowest BCUT2D eigenvalue weighted by molar-refractivity contribution is -0.160. The van der Waals surface area contributed by atoms with Gasteiger partial charge in [-0.2, -0.15) is 0 Å². The van der Waals surface area contributed by atoms with Crippen LogP contribution in [0, 0.1) is 5.92 Å². The summed E-state index contributed by atoms with van der Waals surface area (Å²) in [7, 11) is 2.62. The number of carbonyl (C=O) groups is 2. The van der Waals surface area contributed by atoms with Crippen LogP contribution in [0.15, 0.2) is 84.9 Å². The highest BCUT2D eigenvalue weighted by molar-refractivity contribution is 5.96. The Kier molecular flexibility index (Phi) is 5.66. The number of hydrogen-bond acceptors (Lipinski definition) is 4. The molecule has 0 spiro atoms. The number of benzene rings is 3. The molecule has 0 radical (unpaired) electrons. The minimum atomic E-state index is -1.04. The molecule has 3 atom stereocenters. The largest absolute Gasteiger partial charge is 0.468 e. The SMILES string of the molecule is COC(=O)C(C(=O)OC)[C@@H]1c2ccccc2[C@H](c2ccccc2)[C@H]1c1ccccc1. The van der Waals surface area contributed by atoms with Gasteiger partial charge in [0.1, 0.15) is 0 Å². The molecule has 4 heteroatoms. The van der Waals surface area contributed by atoms with Crippen LogP contribution in [0.4, 0.5) is 0 Å². The summed E-state index contributed by atoms with van der Waals surface area (Å²) in [4.78, 5) is 25.6. The number of methoxy groups -OCH3 is 2. The molecule has 30 heavy (non-hydrogen) atoms. The van der Waals surface area contributed by atoms with Crippen LogP contribution in [0.25, 0.3) is 0 Å². The van der Waals surface area contributed by atoms with E-state index < -0.39 is 23.8 Å². The third kappa shape index (κ3) is 3.39. The topological polar surface area (TPSA) is 52.6 Å². The molecule has 4 rings (SSSR count). The van der Waals surface area contributed by atoms with Crippen molar-refractivity contribution in [2.24, 2.45) is 5.92 Å². The molecule has 0 aliphatic heterocycles. The minimum Gasteiger partial charge on any atom is -0.468 e. The van der Waals surface area contributed by atoms with Crippen LogP contribution in [-0.4, -0.2) is 26.2 Å². The first-order valence-electron chi connectivity index (χ1n) is 10.0. The van der Waals surface area contributed by atoms with Crippen LogP contribution >= 0.6 is 0 Å². The third-order valence-electron chi connectivity index (χ3n) is 6.05. The van der Waals surface area contributed by atoms with Crippen molar-refractivity contribution < 1.29 is 19.1 Å². The maximum absolute atomic E-state index is 12.8. The van der Waals surface area contributed by atoms with E-state index in [9.17, 15) is 9.59 Å². The normalized spacial score (nSPS) is 19.9. The smallest absolute Gasteiger partial charge is 0.320 e. The molecule has 3 aromatic carbocycles. The van der Waals surface area contributed by atoms with Gasteiger partial charge in [0.2, 0.25) is 0 Å². The van der Waals surface area contributed by atoms with E-state index in [1.807, 2.05) is 54.6 Å². The molecule has 0 amide bonds. The van der Waals surface area contributed by atoms with Gasteiger partial charge < -0.3 is 9.47 Å². The van der Waals surface area contributed by atoms with E-state index in [0.717, 1.165) is 22.3 Å². The van der Waals surface area contributed by atoms with Crippen LogP contribution in [0.2, 0.25) is 0 Å². The maximum atomic E-state index is 12.8. The van der Waals surface area contributed by atoms with Gasteiger partial charge in [0.25, 0.3) is 0 Å². The number of hydrogen-bond donors (Lipinski definition) is 0. The molecule has 3 aromatic rings. The average molecular weight is 400 g/mol. The third-order valence-corrected chi connectivity index (χ3v) is 6.05. The van der Waals surface area contributed by atoms with Crippen LogP contribution in [-0.2, 0) is 19.1 Å². The lowest BCUT2D eigenvalue weighted by atomic mass is 9.73. The molecule has 4 nitrogen and oxygen atoms in total. The average Bonchev–Trinajstić information content (AvgIpc) is 3.15. The number of rotatable bonds is 5. The van der Waals surface area contributed by atoms with Crippen LogP contribution in [0.3, 0.4) is 0 Å². The van der Waals surface area contributed by atoms with Gasteiger partial charge in [0.15, 0.2) is 5.92 Å². The Morgan fingerprint density at radius 2 is 1.13 bits per heavy atom. The molecule has 0 fully saturated rings. The van der Waals surface area contributed by atoms with Gasteiger partial charge in [0.05, 0.1) is 14.2 Å². The van der Waals surface area contributed by atoms with Crippen LogP contribution in [0.1, 0.15) is 40.0 Å². The molecule has 0 N–H and O–H groups in total. The summed E-state index contributed by atoms with van der Waals surface area (Å²) >= 11 is 0. The molecule has 152 valence electrons. The van der Waals surface area contributed by atoms with Crippen molar-refractivity contribution in [2.75, 3.05) is 14.2 Å². The Hall–Kier alpha value is -3.40. The first kappa shape index (κ1) is 19.9. The fourth-order valence-corrected chi connectivity index (χ4v) is 4.84. The molecule has 0 heterocycles. The zero-order valence-corrected chi connectivity index (χ0v) is 17.0. The van der Waals surface area contributed by atoms with E-state index >= 15 is 0 Å². The van der Waals surface area contributed by atoms with Gasteiger partial charge in [-0.1, -0.05) is 84.9 Å². The van der Waals surface area contributed by atoms with Gasteiger partial charge in [-0.3, -0.25) is 9.59 Å². The standard InChI is InChI=1S/C26H24O4/c1-29-25(27)24(26(28)30-2)23-20-16-10-9-15-19(20)21(17-11-5-3-6-12-17)22(23)18-13-7-4-8-14-18/h3-16,21-24H,1-2H3/t21-,22+,23+/m0/s1. The molecule has 0 saturated heterocycles. The van der Waals surface area contributed by atoms with Gasteiger partial charge >= 0.3 is 11.9 Å². The summed E-state index contributed by atoms with van der Waals surface area (Å²) in [6, 6.07) is 28.4. The summed E-state index contributed by atoms with van der Waals surface area (Å²) in [5.74, 6) is -2.69. The summed E-state index contributed by atoms with van der Waals surface area (Å²) in [5.41, 5.74) is 4.33. The highest BCUT2D eigenvalue weighted by Crippen LogP contribution is 2.57. The number of ether oxygens (including phenoxy) is 2. The molecule has 0 aromatic heterocycles. The van der Waals surface area contributed by atoms with Crippen molar-refractivity contribution in [3.63, 3.8) is 0 Å². The van der Waals surface area contributed by atoms with Crippen molar-refractivity contribution in [1.82, 2.24) is 0 Å². The van der Waals surface area contributed by atoms with E-state index in [1.54, 1.807) is 0 Å².